The summed E-state index contributed by atoms with van der Waals surface area (Å²) in [5, 5.41) is 8.26. The lowest BCUT2D eigenvalue weighted by atomic mass is 9.96. The van der Waals surface area contributed by atoms with Crippen LogP contribution in [0.25, 0.3) is 11.7 Å². The minimum absolute atomic E-state index is 0.322. The third-order valence-electron chi connectivity index (χ3n) is 3.49. The SMILES string of the molecule is CC(C)(C)CN1CC[C@H](c2nnc(-c3ccco3)o2)C1. The quantitative estimate of drug-likeness (QED) is 0.861. The molecule has 5 heteroatoms. The molecule has 2 aromatic rings. The summed E-state index contributed by atoms with van der Waals surface area (Å²) in [5.41, 5.74) is 0.322. The number of hydrogen-bond donors (Lipinski definition) is 0. The number of furan rings is 1. The van der Waals surface area contributed by atoms with Crippen molar-refractivity contribution >= 4 is 0 Å². The molecule has 0 N–H and O–H groups in total. The first-order valence-corrected chi connectivity index (χ1v) is 7.11. The third kappa shape index (κ3) is 2.93. The van der Waals surface area contributed by atoms with E-state index in [0.29, 0.717) is 23.0 Å². The van der Waals surface area contributed by atoms with Gasteiger partial charge in [0, 0.05) is 13.1 Å². The predicted octanol–water partition coefficient (Wildman–Crippen LogP) is 3.17. The second-order valence-corrected chi connectivity index (χ2v) is 6.70. The largest absolute Gasteiger partial charge is 0.459 e. The van der Waals surface area contributed by atoms with Gasteiger partial charge in [-0.3, -0.25) is 0 Å². The van der Waals surface area contributed by atoms with Crippen LogP contribution in [0.2, 0.25) is 0 Å². The van der Waals surface area contributed by atoms with Gasteiger partial charge in [0.05, 0.1) is 12.2 Å². The number of rotatable bonds is 3. The van der Waals surface area contributed by atoms with Gasteiger partial charge in [0.2, 0.25) is 5.89 Å². The van der Waals surface area contributed by atoms with Crippen LogP contribution >= 0.6 is 0 Å². The number of aromatic nitrogens is 2. The van der Waals surface area contributed by atoms with E-state index >= 15 is 0 Å². The van der Waals surface area contributed by atoms with Crippen LogP contribution in [0.1, 0.15) is 39.0 Å². The summed E-state index contributed by atoms with van der Waals surface area (Å²) < 4.78 is 11.0. The summed E-state index contributed by atoms with van der Waals surface area (Å²) in [6, 6.07) is 3.65. The van der Waals surface area contributed by atoms with Crippen molar-refractivity contribution in [3.8, 4) is 11.7 Å². The van der Waals surface area contributed by atoms with Gasteiger partial charge in [0.1, 0.15) is 0 Å². The molecular weight excluding hydrogens is 254 g/mol. The van der Waals surface area contributed by atoms with Gasteiger partial charge in [-0.15, -0.1) is 10.2 Å². The molecule has 0 bridgehead atoms. The van der Waals surface area contributed by atoms with Crippen molar-refractivity contribution in [2.24, 2.45) is 5.41 Å². The van der Waals surface area contributed by atoms with E-state index < -0.39 is 0 Å². The molecule has 3 rings (SSSR count). The summed E-state index contributed by atoms with van der Waals surface area (Å²) in [6.45, 7) is 9.99. The van der Waals surface area contributed by atoms with E-state index in [9.17, 15) is 0 Å². The van der Waals surface area contributed by atoms with Gasteiger partial charge >= 0.3 is 0 Å². The van der Waals surface area contributed by atoms with Crippen LogP contribution in [0.4, 0.5) is 0 Å². The highest BCUT2D eigenvalue weighted by atomic mass is 16.4. The van der Waals surface area contributed by atoms with E-state index in [4.69, 9.17) is 8.83 Å². The summed E-state index contributed by atoms with van der Waals surface area (Å²) in [4.78, 5) is 2.47. The summed E-state index contributed by atoms with van der Waals surface area (Å²) in [6.07, 6.45) is 2.69. The second kappa shape index (κ2) is 5.05. The Morgan fingerprint density at radius 2 is 2.20 bits per heavy atom. The fraction of sp³-hybridized carbons (Fsp3) is 0.600. The lowest BCUT2D eigenvalue weighted by Crippen LogP contribution is -2.30. The van der Waals surface area contributed by atoms with Crippen molar-refractivity contribution in [2.45, 2.75) is 33.1 Å². The highest BCUT2D eigenvalue weighted by Crippen LogP contribution is 2.30. The van der Waals surface area contributed by atoms with E-state index in [0.717, 1.165) is 31.9 Å². The average molecular weight is 275 g/mol. The number of nitrogens with zero attached hydrogens (tertiary/aromatic N) is 3. The molecular formula is C15H21N3O2. The second-order valence-electron chi connectivity index (χ2n) is 6.70. The summed E-state index contributed by atoms with van der Waals surface area (Å²) >= 11 is 0. The first-order chi connectivity index (χ1) is 9.51. The van der Waals surface area contributed by atoms with Crippen molar-refractivity contribution in [1.29, 1.82) is 0 Å². The minimum atomic E-state index is 0.322. The zero-order chi connectivity index (χ0) is 14.2. The van der Waals surface area contributed by atoms with Crippen molar-refractivity contribution < 1.29 is 8.83 Å². The van der Waals surface area contributed by atoms with Crippen molar-refractivity contribution in [3.63, 3.8) is 0 Å². The van der Waals surface area contributed by atoms with Gasteiger partial charge < -0.3 is 13.7 Å². The fourth-order valence-corrected chi connectivity index (χ4v) is 2.75. The van der Waals surface area contributed by atoms with E-state index in [1.807, 2.05) is 12.1 Å². The van der Waals surface area contributed by atoms with Crippen molar-refractivity contribution in [2.75, 3.05) is 19.6 Å². The first kappa shape index (κ1) is 13.4. The fourth-order valence-electron chi connectivity index (χ4n) is 2.75. The number of hydrogen-bond acceptors (Lipinski definition) is 5. The Morgan fingerprint density at radius 3 is 2.90 bits per heavy atom. The highest BCUT2D eigenvalue weighted by molar-refractivity contribution is 5.42. The highest BCUT2D eigenvalue weighted by Gasteiger charge is 2.30. The van der Waals surface area contributed by atoms with Gasteiger partial charge in [-0.25, -0.2) is 0 Å². The zero-order valence-electron chi connectivity index (χ0n) is 12.3. The molecule has 20 heavy (non-hydrogen) atoms. The van der Waals surface area contributed by atoms with Crippen LogP contribution in [-0.2, 0) is 0 Å². The molecule has 0 radical (unpaired) electrons. The van der Waals surface area contributed by atoms with E-state index in [1.165, 1.54) is 0 Å². The van der Waals surface area contributed by atoms with Crippen LogP contribution in [0.3, 0.4) is 0 Å². The Balaban J connectivity index is 1.66. The molecule has 0 saturated carbocycles. The zero-order valence-corrected chi connectivity index (χ0v) is 12.3. The Labute approximate surface area is 119 Å². The molecule has 0 aromatic carbocycles. The van der Waals surface area contributed by atoms with E-state index in [1.54, 1.807) is 6.26 Å². The lowest BCUT2D eigenvalue weighted by Gasteiger charge is -2.25. The molecule has 0 aliphatic carbocycles. The molecule has 1 saturated heterocycles. The molecule has 1 atom stereocenters. The minimum Gasteiger partial charge on any atom is -0.459 e. The Hall–Kier alpha value is -1.62. The molecule has 2 aromatic heterocycles. The normalized spacial score (nSPS) is 20.6. The maximum Gasteiger partial charge on any atom is 0.283 e. The summed E-state index contributed by atoms with van der Waals surface area (Å²) in [5.74, 6) is 2.17. The molecule has 1 fully saturated rings. The molecule has 3 heterocycles. The molecule has 108 valence electrons. The Morgan fingerprint density at radius 1 is 1.35 bits per heavy atom. The topological polar surface area (TPSA) is 55.3 Å². The maximum atomic E-state index is 5.75. The smallest absolute Gasteiger partial charge is 0.283 e. The van der Waals surface area contributed by atoms with E-state index in [2.05, 4.69) is 35.9 Å². The molecule has 1 aliphatic rings. The standard InChI is InChI=1S/C15H21N3O2/c1-15(2,3)10-18-7-6-11(9-18)13-16-17-14(20-13)12-5-4-8-19-12/h4-5,8,11H,6-7,9-10H2,1-3H3/t11-/m0/s1. The van der Waals surface area contributed by atoms with Crippen molar-refractivity contribution in [1.82, 2.24) is 15.1 Å². The predicted molar refractivity (Wildman–Crippen MR) is 75.3 cm³/mol. The molecule has 5 nitrogen and oxygen atoms in total. The van der Waals surface area contributed by atoms with Crippen LogP contribution in [0.15, 0.2) is 27.2 Å². The van der Waals surface area contributed by atoms with Gasteiger partial charge in [-0.2, -0.15) is 0 Å². The molecule has 0 spiro atoms. The van der Waals surface area contributed by atoms with Crippen LogP contribution in [-0.4, -0.2) is 34.7 Å². The van der Waals surface area contributed by atoms with E-state index in [-0.39, 0.29) is 0 Å². The summed E-state index contributed by atoms with van der Waals surface area (Å²) in [7, 11) is 0. The Bertz CT molecular complexity index is 554. The lowest BCUT2D eigenvalue weighted by molar-refractivity contribution is 0.223. The molecule has 0 unspecified atom stereocenters. The molecule has 0 amide bonds. The van der Waals surface area contributed by atoms with Gasteiger partial charge in [-0.05, 0) is 30.5 Å². The van der Waals surface area contributed by atoms with Crippen molar-refractivity contribution in [3.05, 3.63) is 24.3 Å². The van der Waals surface area contributed by atoms with Gasteiger partial charge in [0.25, 0.3) is 5.89 Å². The van der Waals surface area contributed by atoms with Gasteiger partial charge in [0.15, 0.2) is 5.76 Å². The number of likely N-dealkylation sites (tertiary alicyclic amines) is 1. The third-order valence-corrected chi connectivity index (χ3v) is 3.49. The monoisotopic (exact) mass is 275 g/mol. The maximum absolute atomic E-state index is 5.75. The van der Waals surface area contributed by atoms with Crippen LogP contribution in [0.5, 0.6) is 0 Å². The Kier molecular flexibility index (Phi) is 3.38. The van der Waals surface area contributed by atoms with Crippen LogP contribution in [0, 0.1) is 5.41 Å². The first-order valence-electron chi connectivity index (χ1n) is 7.11. The van der Waals surface area contributed by atoms with Gasteiger partial charge in [-0.1, -0.05) is 20.8 Å². The van der Waals surface area contributed by atoms with Crippen LogP contribution < -0.4 is 0 Å². The molecule has 1 aliphatic heterocycles. The average Bonchev–Trinajstić information content (AvgIpc) is 3.07.